The highest BCUT2D eigenvalue weighted by Gasteiger charge is 2.52. The zero-order valence-corrected chi connectivity index (χ0v) is 13.0. The summed E-state index contributed by atoms with van der Waals surface area (Å²) < 4.78 is 28.1. The SMILES string of the molecule is Nc1nc(Cl)nc2c1ncn2[C@@H]1O[C@@H]2COP(=O)(O)O[C@H]2[C@H]1O. The Morgan fingerprint density at radius 2 is 2.26 bits per heavy atom. The van der Waals surface area contributed by atoms with E-state index in [1.54, 1.807) is 0 Å². The number of phosphoric ester groups is 1. The lowest BCUT2D eigenvalue weighted by Gasteiger charge is -2.27. The minimum atomic E-state index is -4.19. The number of nitrogens with two attached hydrogens (primary N) is 1. The quantitative estimate of drug-likeness (QED) is 0.459. The fourth-order valence-electron chi connectivity index (χ4n) is 2.66. The van der Waals surface area contributed by atoms with Crippen molar-refractivity contribution in [1.82, 2.24) is 19.5 Å². The highest BCUT2D eigenvalue weighted by atomic mass is 35.5. The van der Waals surface area contributed by atoms with Crippen LogP contribution in [0.1, 0.15) is 6.23 Å². The summed E-state index contributed by atoms with van der Waals surface area (Å²) in [6.07, 6.45) is -2.57. The summed E-state index contributed by atoms with van der Waals surface area (Å²) in [5, 5.41) is 10.3. The molecule has 2 fully saturated rings. The maximum Gasteiger partial charge on any atom is 0.472 e. The van der Waals surface area contributed by atoms with Crippen LogP contribution in [0.3, 0.4) is 0 Å². The van der Waals surface area contributed by atoms with Gasteiger partial charge in [0.2, 0.25) is 5.28 Å². The average Bonchev–Trinajstić information content (AvgIpc) is 3.00. The summed E-state index contributed by atoms with van der Waals surface area (Å²) in [7, 11) is -4.19. The van der Waals surface area contributed by atoms with E-state index in [2.05, 4.69) is 19.5 Å². The minimum Gasteiger partial charge on any atom is -0.386 e. The van der Waals surface area contributed by atoms with Crippen molar-refractivity contribution in [3.63, 3.8) is 0 Å². The lowest BCUT2D eigenvalue weighted by molar-refractivity contribution is -0.0664. The second-order valence-electron chi connectivity index (χ2n) is 5.09. The molecule has 11 nitrogen and oxygen atoms in total. The number of halogens is 1. The highest BCUT2D eigenvalue weighted by Crippen LogP contribution is 2.52. The van der Waals surface area contributed by atoms with E-state index in [9.17, 15) is 14.6 Å². The van der Waals surface area contributed by atoms with Gasteiger partial charge in [-0.15, -0.1) is 0 Å². The van der Waals surface area contributed by atoms with Crippen LogP contribution in [0.2, 0.25) is 5.28 Å². The smallest absolute Gasteiger partial charge is 0.386 e. The molecule has 4 heterocycles. The van der Waals surface area contributed by atoms with Gasteiger partial charge >= 0.3 is 7.82 Å². The largest absolute Gasteiger partial charge is 0.472 e. The van der Waals surface area contributed by atoms with Crippen LogP contribution in [0.25, 0.3) is 11.2 Å². The van der Waals surface area contributed by atoms with Crippen molar-refractivity contribution in [2.75, 3.05) is 12.3 Å². The lowest BCUT2D eigenvalue weighted by Crippen LogP contribution is -2.39. The molecule has 4 N–H and O–H groups in total. The third-order valence-electron chi connectivity index (χ3n) is 3.66. The molecule has 0 aliphatic carbocycles. The van der Waals surface area contributed by atoms with Gasteiger partial charge in [-0.1, -0.05) is 0 Å². The molecule has 13 heteroatoms. The second kappa shape index (κ2) is 5.08. The van der Waals surface area contributed by atoms with Crippen LogP contribution in [0.5, 0.6) is 0 Å². The average molecular weight is 364 g/mol. The third kappa shape index (κ3) is 2.41. The number of phosphoric acid groups is 1. The molecule has 2 saturated heterocycles. The maximum absolute atomic E-state index is 11.5. The molecule has 2 aliphatic heterocycles. The zero-order chi connectivity index (χ0) is 16.4. The molecule has 0 radical (unpaired) electrons. The third-order valence-corrected chi connectivity index (χ3v) is 4.82. The van der Waals surface area contributed by atoms with Gasteiger partial charge in [-0.3, -0.25) is 13.6 Å². The number of aliphatic hydroxyl groups is 1. The molecule has 4 rings (SSSR count). The summed E-state index contributed by atoms with van der Waals surface area (Å²) in [5.41, 5.74) is 6.29. The molecule has 23 heavy (non-hydrogen) atoms. The van der Waals surface area contributed by atoms with Gasteiger partial charge in [0.05, 0.1) is 12.9 Å². The number of nitrogen functional groups attached to an aromatic ring is 1. The first-order chi connectivity index (χ1) is 10.9. The Balaban J connectivity index is 1.73. The Kier molecular flexibility index (Phi) is 3.36. The standard InChI is InChI=1S/C10H11ClN5O6P/c11-10-14-7(12)4-8(15-10)16(2-13-4)9-5(17)6-3(21-9)1-20-23(18,19)22-6/h2-3,5-6,9,17H,1H2,(H,18,19)(H2,12,14,15)/t3-,5-,6-,9-/m1/s1. The number of ether oxygens (including phenoxy) is 1. The number of nitrogens with zero attached hydrogens (tertiary/aromatic N) is 4. The van der Waals surface area contributed by atoms with Crippen LogP contribution < -0.4 is 5.73 Å². The van der Waals surface area contributed by atoms with E-state index >= 15 is 0 Å². The number of fused-ring (bicyclic) bond motifs is 2. The molecule has 0 saturated carbocycles. The van der Waals surface area contributed by atoms with E-state index in [4.69, 9.17) is 26.6 Å². The maximum atomic E-state index is 11.5. The first kappa shape index (κ1) is 15.2. The number of hydrogen-bond acceptors (Lipinski definition) is 9. The summed E-state index contributed by atoms with van der Waals surface area (Å²) in [6.45, 7) is -0.184. The minimum absolute atomic E-state index is 0.0823. The van der Waals surface area contributed by atoms with Gasteiger partial charge < -0.3 is 20.5 Å². The van der Waals surface area contributed by atoms with E-state index in [1.165, 1.54) is 10.9 Å². The van der Waals surface area contributed by atoms with Crippen molar-refractivity contribution >= 4 is 36.4 Å². The van der Waals surface area contributed by atoms with Crippen LogP contribution in [0.15, 0.2) is 6.33 Å². The fraction of sp³-hybridized carbons (Fsp3) is 0.500. The van der Waals surface area contributed by atoms with Crippen molar-refractivity contribution in [2.45, 2.75) is 24.5 Å². The van der Waals surface area contributed by atoms with Crippen molar-refractivity contribution in [3.05, 3.63) is 11.6 Å². The molecular formula is C10H11ClN5O6P. The Bertz CT molecular complexity index is 831. The van der Waals surface area contributed by atoms with Crippen LogP contribution in [0.4, 0.5) is 5.82 Å². The highest BCUT2D eigenvalue weighted by molar-refractivity contribution is 7.47. The summed E-state index contributed by atoms with van der Waals surface area (Å²) in [5.74, 6) is 0.0862. The van der Waals surface area contributed by atoms with E-state index in [1.807, 2.05) is 0 Å². The molecular weight excluding hydrogens is 353 g/mol. The Hall–Kier alpha value is -1.33. The topological polar surface area (TPSA) is 155 Å². The number of aromatic nitrogens is 4. The van der Waals surface area contributed by atoms with Crippen LogP contribution in [-0.4, -0.2) is 54.4 Å². The van der Waals surface area contributed by atoms with E-state index in [0.29, 0.717) is 5.52 Å². The molecule has 5 atom stereocenters. The first-order valence-electron chi connectivity index (χ1n) is 6.50. The monoisotopic (exact) mass is 363 g/mol. The lowest BCUT2D eigenvalue weighted by atomic mass is 10.1. The van der Waals surface area contributed by atoms with Crippen molar-refractivity contribution in [2.24, 2.45) is 0 Å². The summed E-state index contributed by atoms with van der Waals surface area (Å²) >= 11 is 5.79. The molecule has 0 amide bonds. The number of aliphatic hydroxyl groups excluding tert-OH is 1. The predicted octanol–water partition coefficient (Wildman–Crippen LogP) is -0.164. The molecule has 2 aliphatic rings. The van der Waals surface area contributed by atoms with E-state index < -0.39 is 32.4 Å². The summed E-state index contributed by atoms with van der Waals surface area (Å²) in [4.78, 5) is 21.3. The number of hydrogen-bond donors (Lipinski definition) is 3. The molecule has 0 spiro atoms. The molecule has 0 bridgehead atoms. The van der Waals surface area contributed by atoms with Gasteiger partial charge in [0.15, 0.2) is 17.7 Å². The Labute approximate surface area is 133 Å². The Morgan fingerprint density at radius 3 is 3.04 bits per heavy atom. The van der Waals surface area contributed by atoms with Crippen LogP contribution in [0, 0.1) is 0 Å². The summed E-state index contributed by atoms with van der Waals surface area (Å²) in [6, 6.07) is 0. The number of rotatable bonds is 1. The molecule has 0 aromatic carbocycles. The van der Waals surface area contributed by atoms with Gasteiger partial charge in [0.25, 0.3) is 0 Å². The van der Waals surface area contributed by atoms with Gasteiger partial charge in [-0.2, -0.15) is 9.97 Å². The van der Waals surface area contributed by atoms with Gasteiger partial charge in [-0.25, -0.2) is 9.55 Å². The molecule has 1 unspecified atom stereocenters. The van der Waals surface area contributed by atoms with Crippen molar-refractivity contribution < 1.29 is 28.3 Å². The second-order valence-corrected chi connectivity index (χ2v) is 6.84. The van der Waals surface area contributed by atoms with E-state index in [0.717, 1.165) is 0 Å². The molecule has 2 aromatic rings. The number of imidazole rings is 1. The van der Waals surface area contributed by atoms with Crippen LogP contribution in [-0.2, 0) is 18.3 Å². The van der Waals surface area contributed by atoms with E-state index in [-0.39, 0.29) is 23.4 Å². The fourth-order valence-corrected chi connectivity index (χ4v) is 3.80. The Morgan fingerprint density at radius 1 is 1.48 bits per heavy atom. The zero-order valence-electron chi connectivity index (χ0n) is 11.3. The van der Waals surface area contributed by atoms with Crippen LogP contribution >= 0.6 is 19.4 Å². The van der Waals surface area contributed by atoms with Crippen molar-refractivity contribution in [3.8, 4) is 0 Å². The molecule has 2 aromatic heterocycles. The normalized spacial score (nSPS) is 37.2. The molecule has 124 valence electrons. The number of anilines is 1. The van der Waals surface area contributed by atoms with Gasteiger partial charge in [-0.05, 0) is 11.6 Å². The predicted molar refractivity (Wildman–Crippen MR) is 75.3 cm³/mol. The first-order valence-corrected chi connectivity index (χ1v) is 8.38. The van der Waals surface area contributed by atoms with Gasteiger partial charge in [0, 0.05) is 0 Å². The van der Waals surface area contributed by atoms with Gasteiger partial charge in [0.1, 0.15) is 23.8 Å². The van der Waals surface area contributed by atoms with Crippen molar-refractivity contribution in [1.29, 1.82) is 0 Å².